The second-order valence-electron chi connectivity index (χ2n) is 7.42. The maximum absolute atomic E-state index is 13.4. The second kappa shape index (κ2) is 12.0. The first-order valence-corrected chi connectivity index (χ1v) is 13.2. The molecule has 34 heavy (non-hydrogen) atoms. The molecule has 0 aromatic heterocycles. The molecule has 0 saturated heterocycles. The van der Waals surface area contributed by atoms with E-state index in [1.165, 1.54) is 36.3 Å². The summed E-state index contributed by atoms with van der Waals surface area (Å²) in [7, 11) is -2.45. The van der Waals surface area contributed by atoms with Crippen LogP contribution in [0.15, 0.2) is 36.4 Å². The fourth-order valence-corrected chi connectivity index (χ4v) is 4.72. The molecule has 0 radical (unpaired) electrons. The molecular formula is C22H26Cl3N3O5S. The van der Waals surface area contributed by atoms with Gasteiger partial charge in [-0.2, -0.15) is 0 Å². The van der Waals surface area contributed by atoms with Crippen LogP contribution in [0, 0.1) is 0 Å². The quantitative estimate of drug-likeness (QED) is 0.483. The highest BCUT2D eigenvalue weighted by atomic mass is 35.5. The van der Waals surface area contributed by atoms with Crippen molar-refractivity contribution in [2.24, 2.45) is 0 Å². The number of anilines is 1. The average Bonchev–Trinajstić information content (AvgIpc) is 2.75. The van der Waals surface area contributed by atoms with Gasteiger partial charge in [-0.25, -0.2) is 8.42 Å². The number of carbonyl (C=O) groups is 2. The van der Waals surface area contributed by atoms with Gasteiger partial charge in [0.25, 0.3) is 0 Å². The Labute approximate surface area is 214 Å². The van der Waals surface area contributed by atoms with E-state index in [1.54, 1.807) is 26.0 Å². The number of halogens is 3. The molecule has 2 amide bonds. The molecule has 0 fully saturated rings. The number of likely N-dealkylation sites (N-methyl/N-ethyl adjacent to an activating group) is 1. The van der Waals surface area contributed by atoms with Crippen molar-refractivity contribution in [3.8, 4) is 5.75 Å². The van der Waals surface area contributed by atoms with Crippen LogP contribution in [-0.2, 0) is 26.2 Å². The molecule has 8 nitrogen and oxygen atoms in total. The summed E-state index contributed by atoms with van der Waals surface area (Å²) in [5.41, 5.74) is 0.728. The molecular weight excluding hydrogens is 525 g/mol. The number of hydrogen-bond acceptors (Lipinski definition) is 5. The monoisotopic (exact) mass is 549 g/mol. The smallest absolute Gasteiger partial charge is 0.244 e. The van der Waals surface area contributed by atoms with Crippen LogP contribution in [0.5, 0.6) is 5.75 Å². The normalized spacial score (nSPS) is 12.1. The van der Waals surface area contributed by atoms with Gasteiger partial charge in [-0.3, -0.25) is 13.9 Å². The van der Waals surface area contributed by atoms with Gasteiger partial charge in [0.2, 0.25) is 21.8 Å². The fourth-order valence-electron chi connectivity index (χ4n) is 3.16. The molecule has 0 aliphatic heterocycles. The fraction of sp³-hybridized carbons (Fsp3) is 0.364. The van der Waals surface area contributed by atoms with Gasteiger partial charge in [0.15, 0.2) is 0 Å². The Kier molecular flexibility index (Phi) is 9.87. The van der Waals surface area contributed by atoms with Gasteiger partial charge in [0.1, 0.15) is 18.3 Å². The lowest BCUT2D eigenvalue weighted by Crippen LogP contribution is -2.51. The zero-order valence-corrected chi connectivity index (χ0v) is 22.2. The third-order valence-electron chi connectivity index (χ3n) is 4.98. The van der Waals surface area contributed by atoms with Crippen molar-refractivity contribution in [3.63, 3.8) is 0 Å². The molecule has 1 atom stereocenters. The van der Waals surface area contributed by atoms with Crippen LogP contribution in [0.1, 0.15) is 19.4 Å². The van der Waals surface area contributed by atoms with Crippen LogP contribution < -0.4 is 14.4 Å². The lowest BCUT2D eigenvalue weighted by molar-refractivity contribution is -0.139. The Morgan fingerprint density at radius 3 is 2.29 bits per heavy atom. The number of ether oxygens (including phenoxy) is 1. The molecule has 0 saturated carbocycles. The van der Waals surface area contributed by atoms with Gasteiger partial charge in [-0.05, 0) is 49.7 Å². The number of nitrogens with zero attached hydrogens (tertiary/aromatic N) is 2. The second-order valence-corrected chi connectivity index (χ2v) is 10.6. The number of rotatable bonds is 10. The highest BCUT2D eigenvalue weighted by molar-refractivity contribution is 7.92. The van der Waals surface area contributed by atoms with Crippen molar-refractivity contribution in [2.45, 2.75) is 26.4 Å². The maximum Gasteiger partial charge on any atom is 0.244 e. The van der Waals surface area contributed by atoms with Crippen molar-refractivity contribution in [3.05, 3.63) is 57.0 Å². The van der Waals surface area contributed by atoms with Gasteiger partial charge in [-0.15, -0.1) is 0 Å². The third-order valence-corrected chi connectivity index (χ3v) is 7.00. The molecule has 1 N–H and O–H groups in total. The molecule has 2 aromatic carbocycles. The van der Waals surface area contributed by atoms with Crippen LogP contribution in [0.2, 0.25) is 15.1 Å². The largest absolute Gasteiger partial charge is 0.495 e. The van der Waals surface area contributed by atoms with Gasteiger partial charge in [0, 0.05) is 23.1 Å². The Bertz CT molecular complexity index is 1160. The molecule has 0 spiro atoms. The van der Waals surface area contributed by atoms with Gasteiger partial charge >= 0.3 is 0 Å². The highest BCUT2D eigenvalue weighted by Crippen LogP contribution is 2.30. The molecule has 0 aliphatic rings. The molecule has 1 unspecified atom stereocenters. The molecule has 2 rings (SSSR count). The summed E-state index contributed by atoms with van der Waals surface area (Å²) in [4.78, 5) is 27.3. The van der Waals surface area contributed by atoms with Crippen molar-refractivity contribution in [2.75, 3.05) is 30.8 Å². The average molecular weight is 551 g/mol. The predicted octanol–water partition coefficient (Wildman–Crippen LogP) is 3.97. The molecule has 0 bridgehead atoms. The van der Waals surface area contributed by atoms with E-state index in [0.29, 0.717) is 27.9 Å². The van der Waals surface area contributed by atoms with Gasteiger partial charge < -0.3 is 15.0 Å². The van der Waals surface area contributed by atoms with Gasteiger partial charge in [-0.1, -0.05) is 40.9 Å². The first kappa shape index (κ1) is 28.0. The van der Waals surface area contributed by atoms with Crippen LogP contribution in [0.3, 0.4) is 0 Å². The third kappa shape index (κ3) is 7.15. The molecule has 12 heteroatoms. The topological polar surface area (TPSA) is 96.0 Å². The van der Waals surface area contributed by atoms with Crippen LogP contribution >= 0.6 is 34.8 Å². The first-order chi connectivity index (χ1) is 15.9. The standard InChI is InChI=1S/C22H26Cl3N3O5S/c1-5-26-22(30)14(2)27(12-15-6-7-16(23)10-18(15)24)21(29)13-28(34(4,31)32)17-8-9-20(33-3)19(25)11-17/h6-11,14H,5,12-13H2,1-4H3,(H,26,30). The zero-order chi connectivity index (χ0) is 25.6. The minimum Gasteiger partial charge on any atom is -0.495 e. The van der Waals surface area contributed by atoms with Crippen LogP contribution in [-0.4, -0.2) is 57.6 Å². The Morgan fingerprint density at radius 2 is 1.76 bits per heavy atom. The summed E-state index contributed by atoms with van der Waals surface area (Å²) in [6.45, 7) is 3.09. The van der Waals surface area contributed by atoms with E-state index >= 15 is 0 Å². The van der Waals surface area contributed by atoms with E-state index in [1.807, 2.05) is 0 Å². The highest BCUT2D eigenvalue weighted by Gasteiger charge is 2.30. The van der Waals surface area contributed by atoms with E-state index in [2.05, 4.69) is 5.32 Å². The maximum atomic E-state index is 13.4. The van der Waals surface area contributed by atoms with E-state index in [4.69, 9.17) is 39.5 Å². The Balaban J connectivity index is 2.44. The number of methoxy groups -OCH3 is 1. The minimum absolute atomic E-state index is 0.0336. The molecule has 2 aromatic rings. The number of hydrogen-bond donors (Lipinski definition) is 1. The summed E-state index contributed by atoms with van der Waals surface area (Å²) >= 11 is 18.4. The number of carbonyl (C=O) groups excluding carboxylic acids is 2. The van der Waals surface area contributed by atoms with Crippen molar-refractivity contribution in [1.29, 1.82) is 0 Å². The van der Waals surface area contributed by atoms with Crippen LogP contribution in [0.25, 0.3) is 0 Å². The lowest BCUT2D eigenvalue weighted by Gasteiger charge is -2.31. The lowest BCUT2D eigenvalue weighted by atomic mass is 10.1. The number of benzene rings is 2. The number of amides is 2. The molecule has 186 valence electrons. The summed E-state index contributed by atoms with van der Waals surface area (Å²) < 4.78 is 31.2. The summed E-state index contributed by atoms with van der Waals surface area (Å²) in [5, 5.41) is 3.59. The van der Waals surface area contributed by atoms with E-state index in [0.717, 1.165) is 10.6 Å². The van der Waals surface area contributed by atoms with Crippen molar-refractivity contribution >= 4 is 62.3 Å². The number of nitrogens with one attached hydrogen (secondary N) is 1. The number of sulfonamides is 1. The van der Waals surface area contributed by atoms with Gasteiger partial charge in [0.05, 0.1) is 24.1 Å². The van der Waals surface area contributed by atoms with Crippen molar-refractivity contribution in [1.82, 2.24) is 10.2 Å². The predicted molar refractivity (Wildman–Crippen MR) is 135 cm³/mol. The first-order valence-electron chi connectivity index (χ1n) is 10.2. The summed E-state index contributed by atoms with van der Waals surface area (Å²) in [5.74, 6) is -0.643. The Hall–Kier alpha value is -2.20. The minimum atomic E-state index is -3.88. The Morgan fingerprint density at radius 1 is 1.09 bits per heavy atom. The van der Waals surface area contributed by atoms with Crippen LogP contribution in [0.4, 0.5) is 5.69 Å². The SMILES string of the molecule is CCNC(=O)C(C)N(Cc1ccc(Cl)cc1Cl)C(=O)CN(c1ccc(OC)c(Cl)c1)S(C)(=O)=O. The van der Waals surface area contributed by atoms with Crippen molar-refractivity contribution < 1.29 is 22.7 Å². The summed E-state index contributed by atoms with van der Waals surface area (Å²) in [6.07, 6.45) is 0.978. The molecule has 0 heterocycles. The molecule has 0 aliphatic carbocycles. The summed E-state index contributed by atoms with van der Waals surface area (Å²) in [6, 6.07) is 8.26. The zero-order valence-electron chi connectivity index (χ0n) is 19.1. The van der Waals surface area contributed by atoms with E-state index in [9.17, 15) is 18.0 Å². The van der Waals surface area contributed by atoms with E-state index in [-0.39, 0.29) is 23.2 Å². The van der Waals surface area contributed by atoms with E-state index < -0.39 is 28.5 Å².